The fourth-order valence-corrected chi connectivity index (χ4v) is 3.97. The van der Waals surface area contributed by atoms with Gasteiger partial charge in [0.2, 0.25) is 15.9 Å². The Morgan fingerprint density at radius 3 is 1.80 bits per heavy atom. The van der Waals surface area contributed by atoms with Crippen molar-refractivity contribution in [2.45, 2.75) is 18.5 Å². The molecule has 0 saturated carbocycles. The van der Waals surface area contributed by atoms with Crippen LogP contribution in [0.1, 0.15) is 35.2 Å². The van der Waals surface area contributed by atoms with Crippen molar-refractivity contribution in [3.63, 3.8) is 0 Å². The lowest BCUT2D eigenvalue weighted by Gasteiger charge is -2.22. The van der Waals surface area contributed by atoms with Gasteiger partial charge in [-0.15, -0.1) is 0 Å². The van der Waals surface area contributed by atoms with Crippen LogP contribution in [0.4, 0.5) is 4.39 Å². The van der Waals surface area contributed by atoms with Crippen LogP contribution in [0, 0.1) is 5.82 Å². The lowest BCUT2D eigenvalue weighted by Crippen LogP contribution is -2.35. The molecule has 1 amide bonds. The average Bonchev–Trinajstić information content (AvgIpc) is 2.72. The van der Waals surface area contributed by atoms with E-state index in [1.807, 2.05) is 60.7 Å². The Kier molecular flexibility index (Phi) is 6.97. The zero-order valence-electron chi connectivity index (χ0n) is 16.5. The van der Waals surface area contributed by atoms with Crippen molar-refractivity contribution in [1.29, 1.82) is 0 Å². The Hall–Kier alpha value is -3.03. The number of carbonyl (C=O) groups is 1. The lowest BCUT2D eigenvalue weighted by atomic mass is 9.98. The first-order chi connectivity index (χ1) is 14.3. The molecule has 3 aromatic rings. The van der Waals surface area contributed by atoms with E-state index in [2.05, 4.69) is 10.0 Å². The minimum absolute atomic E-state index is 0.130. The maximum absolute atomic E-state index is 13.3. The Bertz CT molecular complexity index is 1030. The highest BCUT2D eigenvalue weighted by Gasteiger charge is 2.23. The molecule has 0 unspecified atom stereocenters. The third kappa shape index (κ3) is 6.23. The van der Waals surface area contributed by atoms with Gasteiger partial charge in [-0.1, -0.05) is 72.8 Å². The van der Waals surface area contributed by atoms with Gasteiger partial charge >= 0.3 is 0 Å². The van der Waals surface area contributed by atoms with Crippen molar-refractivity contribution >= 4 is 15.9 Å². The third-order valence-corrected chi connectivity index (χ3v) is 5.30. The maximum Gasteiger partial charge on any atom is 0.222 e. The van der Waals surface area contributed by atoms with Crippen LogP contribution in [-0.4, -0.2) is 20.6 Å². The molecule has 156 valence electrons. The Morgan fingerprint density at radius 1 is 0.833 bits per heavy atom. The van der Waals surface area contributed by atoms with Crippen molar-refractivity contribution in [3.8, 4) is 0 Å². The molecular formula is C23H23FN2O3S. The predicted octanol–water partition coefficient (Wildman–Crippen LogP) is 3.71. The highest BCUT2D eigenvalue weighted by molar-refractivity contribution is 7.88. The average molecular weight is 427 g/mol. The molecule has 5 nitrogen and oxygen atoms in total. The van der Waals surface area contributed by atoms with E-state index >= 15 is 0 Å². The third-order valence-electron chi connectivity index (χ3n) is 4.59. The fourth-order valence-electron chi connectivity index (χ4n) is 3.24. The van der Waals surface area contributed by atoms with Crippen LogP contribution in [-0.2, 0) is 14.8 Å². The summed E-state index contributed by atoms with van der Waals surface area (Å²) in [6.07, 6.45) is 0.896. The van der Waals surface area contributed by atoms with E-state index in [4.69, 9.17) is 0 Å². The van der Waals surface area contributed by atoms with Gasteiger partial charge in [0.15, 0.2) is 0 Å². The van der Waals surface area contributed by atoms with E-state index in [0.29, 0.717) is 5.56 Å². The summed E-state index contributed by atoms with van der Waals surface area (Å²) in [5.74, 6) is -0.771. The smallest absolute Gasteiger partial charge is 0.222 e. The van der Waals surface area contributed by atoms with Crippen molar-refractivity contribution in [2.24, 2.45) is 0 Å². The molecule has 0 aliphatic heterocycles. The molecule has 30 heavy (non-hydrogen) atoms. The Labute approximate surface area is 176 Å². The molecule has 0 spiro atoms. The van der Waals surface area contributed by atoms with Gasteiger partial charge in [0.1, 0.15) is 5.82 Å². The molecule has 0 saturated heterocycles. The number of hydrogen-bond acceptors (Lipinski definition) is 3. The molecule has 1 atom stereocenters. The highest BCUT2D eigenvalue weighted by Crippen LogP contribution is 2.24. The molecule has 3 aromatic carbocycles. The second-order valence-corrected chi connectivity index (χ2v) is 8.80. The van der Waals surface area contributed by atoms with Crippen LogP contribution in [0.25, 0.3) is 0 Å². The zero-order valence-corrected chi connectivity index (χ0v) is 17.3. The molecule has 0 heterocycles. The highest BCUT2D eigenvalue weighted by atomic mass is 32.2. The largest absolute Gasteiger partial charge is 0.345 e. The number of rotatable bonds is 8. The monoisotopic (exact) mass is 426 g/mol. The molecule has 0 radical (unpaired) electrons. The van der Waals surface area contributed by atoms with E-state index in [9.17, 15) is 17.6 Å². The number of sulfonamides is 1. The molecule has 3 rings (SSSR count). The van der Waals surface area contributed by atoms with Crippen LogP contribution >= 0.6 is 0 Å². The summed E-state index contributed by atoms with van der Waals surface area (Å²) in [7, 11) is -3.58. The van der Waals surface area contributed by atoms with Gasteiger partial charge in [0.25, 0.3) is 0 Å². The maximum atomic E-state index is 13.3. The topological polar surface area (TPSA) is 75.3 Å². The van der Waals surface area contributed by atoms with Gasteiger partial charge in [-0.3, -0.25) is 4.79 Å². The van der Waals surface area contributed by atoms with Gasteiger partial charge in [-0.2, -0.15) is 0 Å². The number of carbonyl (C=O) groups excluding carboxylic acids is 1. The molecule has 0 aliphatic rings. The van der Waals surface area contributed by atoms with E-state index < -0.39 is 21.9 Å². The number of nitrogens with one attached hydrogen (secondary N) is 2. The normalized spacial score (nSPS) is 12.5. The predicted molar refractivity (Wildman–Crippen MR) is 115 cm³/mol. The van der Waals surface area contributed by atoms with E-state index in [1.165, 1.54) is 24.3 Å². The summed E-state index contributed by atoms with van der Waals surface area (Å²) in [6.45, 7) is 0. The molecule has 2 N–H and O–H groups in total. The minimum atomic E-state index is -3.58. The van der Waals surface area contributed by atoms with Crippen LogP contribution in [0.5, 0.6) is 0 Å². The zero-order chi connectivity index (χ0) is 21.6. The van der Waals surface area contributed by atoms with Crippen LogP contribution in [0.15, 0.2) is 84.9 Å². The number of halogens is 1. The standard InChI is InChI=1S/C23H23FN2O3S/c1-30(28,29)26-21(17-12-14-20(24)15-13-17)16-22(27)25-23(18-8-4-2-5-9-18)19-10-6-3-7-11-19/h2-15,21,23,26H,16H2,1H3,(H,25,27)/t21-/m1/s1. The van der Waals surface area contributed by atoms with Gasteiger partial charge < -0.3 is 5.32 Å². The van der Waals surface area contributed by atoms with Gasteiger partial charge in [0, 0.05) is 6.42 Å². The summed E-state index contributed by atoms with van der Waals surface area (Å²) < 4.78 is 39.4. The van der Waals surface area contributed by atoms with Crippen molar-refractivity contribution in [2.75, 3.05) is 6.26 Å². The number of hydrogen-bond donors (Lipinski definition) is 2. The first-order valence-electron chi connectivity index (χ1n) is 9.44. The lowest BCUT2D eigenvalue weighted by molar-refractivity contribution is -0.122. The summed E-state index contributed by atoms with van der Waals surface area (Å²) >= 11 is 0. The van der Waals surface area contributed by atoms with Gasteiger partial charge in [-0.05, 0) is 28.8 Å². The summed E-state index contributed by atoms with van der Waals surface area (Å²) in [5.41, 5.74) is 2.32. The van der Waals surface area contributed by atoms with E-state index in [0.717, 1.165) is 17.4 Å². The quantitative estimate of drug-likeness (QED) is 0.577. The molecule has 0 bridgehead atoms. The van der Waals surface area contributed by atoms with E-state index in [1.54, 1.807) is 0 Å². The van der Waals surface area contributed by atoms with Crippen LogP contribution < -0.4 is 10.0 Å². The molecule has 7 heteroatoms. The number of amides is 1. The first-order valence-corrected chi connectivity index (χ1v) is 11.3. The first kappa shape index (κ1) is 21.7. The van der Waals surface area contributed by atoms with Crippen molar-refractivity contribution in [3.05, 3.63) is 107 Å². The van der Waals surface area contributed by atoms with Crippen LogP contribution in [0.3, 0.4) is 0 Å². The Morgan fingerprint density at radius 2 is 1.33 bits per heavy atom. The Balaban J connectivity index is 1.84. The van der Waals surface area contributed by atoms with E-state index in [-0.39, 0.29) is 18.4 Å². The molecule has 0 aromatic heterocycles. The molecule has 0 fully saturated rings. The molecule has 0 aliphatic carbocycles. The fraction of sp³-hybridized carbons (Fsp3) is 0.174. The minimum Gasteiger partial charge on any atom is -0.345 e. The second kappa shape index (κ2) is 9.65. The summed E-state index contributed by atoms with van der Waals surface area (Å²) in [4.78, 5) is 12.9. The molecular weight excluding hydrogens is 403 g/mol. The summed E-state index contributed by atoms with van der Waals surface area (Å²) in [6, 6.07) is 23.3. The number of benzene rings is 3. The SMILES string of the molecule is CS(=O)(=O)N[C@H](CC(=O)NC(c1ccccc1)c1ccccc1)c1ccc(F)cc1. The van der Waals surface area contributed by atoms with Crippen molar-refractivity contribution in [1.82, 2.24) is 10.0 Å². The summed E-state index contributed by atoms with van der Waals surface area (Å²) in [5, 5.41) is 3.00. The van der Waals surface area contributed by atoms with Crippen LogP contribution in [0.2, 0.25) is 0 Å². The van der Waals surface area contributed by atoms with Gasteiger partial charge in [-0.25, -0.2) is 17.5 Å². The van der Waals surface area contributed by atoms with Gasteiger partial charge in [0.05, 0.1) is 18.3 Å². The van der Waals surface area contributed by atoms with Crippen molar-refractivity contribution < 1.29 is 17.6 Å². The second-order valence-electron chi connectivity index (χ2n) is 7.02.